The van der Waals surface area contributed by atoms with E-state index in [4.69, 9.17) is 4.74 Å². The molecule has 0 aromatic carbocycles. The van der Waals surface area contributed by atoms with Gasteiger partial charge in [0.25, 0.3) is 0 Å². The molecule has 1 rings (SSSR count). The summed E-state index contributed by atoms with van der Waals surface area (Å²) in [6, 6.07) is 1.75. The van der Waals surface area contributed by atoms with Crippen LogP contribution in [0.4, 0.5) is 0 Å². The van der Waals surface area contributed by atoms with Crippen LogP contribution in [0, 0.1) is 0 Å². The zero-order valence-electron chi connectivity index (χ0n) is 6.28. The van der Waals surface area contributed by atoms with Crippen molar-refractivity contribution in [3.63, 3.8) is 0 Å². The van der Waals surface area contributed by atoms with E-state index in [-0.39, 0.29) is 0 Å². The van der Waals surface area contributed by atoms with E-state index in [0.29, 0.717) is 12.2 Å². The van der Waals surface area contributed by atoms with Crippen molar-refractivity contribution >= 4 is 6.29 Å². The molecule has 11 heavy (non-hydrogen) atoms. The maximum atomic E-state index is 10.3. The van der Waals surface area contributed by atoms with Gasteiger partial charge in [-0.05, 0) is 11.6 Å². The number of aromatic nitrogens is 1. The van der Waals surface area contributed by atoms with Crippen molar-refractivity contribution in [2.45, 2.75) is 6.61 Å². The highest BCUT2D eigenvalue weighted by Gasteiger charge is 1.93. The van der Waals surface area contributed by atoms with Crippen LogP contribution < -0.4 is 0 Å². The first kappa shape index (κ1) is 7.88. The zero-order chi connectivity index (χ0) is 8.10. The topological polar surface area (TPSA) is 39.2 Å². The molecule has 0 fully saturated rings. The maximum absolute atomic E-state index is 10.3. The molecule has 0 saturated carbocycles. The largest absolute Gasteiger partial charge is 0.380 e. The molecule has 0 aliphatic heterocycles. The number of nitrogens with zero attached hydrogens (tertiary/aromatic N) is 1. The molecule has 0 aliphatic rings. The third kappa shape index (κ3) is 2.13. The van der Waals surface area contributed by atoms with Crippen LogP contribution >= 0.6 is 0 Å². The minimum Gasteiger partial charge on any atom is -0.380 e. The SMILES string of the molecule is COCc1cncc(C=O)c1. The lowest BCUT2D eigenvalue weighted by Crippen LogP contribution is -1.90. The van der Waals surface area contributed by atoms with Gasteiger partial charge in [0, 0.05) is 25.1 Å². The summed E-state index contributed by atoms with van der Waals surface area (Å²) in [4.78, 5) is 14.1. The molecule has 0 atom stereocenters. The van der Waals surface area contributed by atoms with E-state index < -0.39 is 0 Å². The Labute approximate surface area is 65.0 Å². The molecular formula is C8H9NO2. The van der Waals surface area contributed by atoms with Gasteiger partial charge in [-0.3, -0.25) is 9.78 Å². The van der Waals surface area contributed by atoms with Crippen LogP contribution in [-0.4, -0.2) is 18.4 Å². The Morgan fingerprint density at radius 3 is 3.09 bits per heavy atom. The number of hydrogen-bond acceptors (Lipinski definition) is 3. The van der Waals surface area contributed by atoms with E-state index in [0.717, 1.165) is 11.8 Å². The Morgan fingerprint density at radius 1 is 1.64 bits per heavy atom. The molecule has 0 amide bonds. The number of hydrogen-bond donors (Lipinski definition) is 0. The molecular weight excluding hydrogens is 142 g/mol. The first-order chi connectivity index (χ1) is 5.36. The van der Waals surface area contributed by atoms with Gasteiger partial charge in [0.05, 0.1) is 6.61 Å². The van der Waals surface area contributed by atoms with Crippen molar-refractivity contribution < 1.29 is 9.53 Å². The Kier molecular flexibility index (Phi) is 2.74. The van der Waals surface area contributed by atoms with Crippen LogP contribution in [0.1, 0.15) is 15.9 Å². The van der Waals surface area contributed by atoms with Crippen LogP contribution in [0.25, 0.3) is 0 Å². The summed E-state index contributed by atoms with van der Waals surface area (Å²) in [5, 5.41) is 0. The van der Waals surface area contributed by atoms with Crippen molar-refractivity contribution in [3.8, 4) is 0 Å². The number of ether oxygens (including phenoxy) is 1. The van der Waals surface area contributed by atoms with Crippen LogP contribution in [0.15, 0.2) is 18.5 Å². The molecule has 0 bridgehead atoms. The van der Waals surface area contributed by atoms with Crippen LogP contribution in [0.3, 0.4) is 0 Å². The van der Waals surface area contributed by atoms with Crippen molar-refractivity contribution in [1.82, 2.24) is 4.98 Å². The van der Waals surface area contributed by atoms with Gasteiger partial charge in [-0.1, -0.05) is 0 Å². The lowest BCUT2D eigenvalue weighted by atomic mass is 10.2. The predicted octanol–water partition coefficient (Wildman–Crippen LogP) is 1.04. The first-order valence-corrected chi connectivity index (χ1v) is 3.25. The molecule has 58 valence electrons. The van der Waals surface area contributed by atoms with E-state index in [9.17, 15) is 4.79 Å². The summed E-state index contributed by atoms with van der Waals surface area (Å²) in [6.45, 7) is 0.495. The number of methoxy groups -OCH3 is 1. The zero-order valence-corrected chi connectivity index (χ0v) is 6.28. The highest BCUT2D eigenvalue weighted by atomic mass is 16.5. The van der Waals surface area contributed by atoms with Crippen molar-refractivity contribution in [2.75, 3.05) is 7.11 Å². The third-order valence-corrected chi connectivity index (χ3v) is 1.26. The van der Waals surface area contributed by atoms with Crippen LogP contribution in [-0.2, 0) is 11.3 Å². The fraction of sp³-hybridized carbons (Fsp3) is 0.250. The molecule has 0 aliphatic carbocycles. The number of rotatable bonds is 3. The summed E-state index contributed by atoms with van der Waals surface area (Å²) >= 11 is 0. The fourth-order valence-electron chi connectivity index (χ4n) is 0.818. The fourth-order valence-corrected chi connectivity index (χ4v) is 0.818. The van der Waals surface area contributed by atoms with Gasteiger partial charge in [0.15, 0.2) is 6.29 Å². The minimum absolute atomic E-state index is 0.495. The number of aldehydes is 1. The van der Waals surface area contributed by atoms with E-state index in [1.54, 1.807) is 19.4 Å². The Balaban J connectivity index is 2.82. The Morgan fingerprint density at radius 2 is 2.45 bits per heavy atom. The molecule has 3 nitrogen and oxygen atoms in total. The number of carbonyl (C=O) groups excluding carboxylic acids is 1. The summed E-state index contributed by atoms with van der Waals surface area (Å²) in [5.41, 5.74) is 1.50. The minimum atomic E-state index is 0.495. The molecule has 0 N–H and O–H groups in total. The van der Waals surface area contributed by atoms with E-state index >= 15 is 0 Å². The van der Waals surface area contributed by atoms with Gasteiger partial charge < -0.3 is 4.74 Å². The molecule has 1 aromatic rings. The Hall–Kier alpha value is -1.22. The maximum Gasteiger partial charge on any atom is 0.151 e. The van der Waals surface area contributed by atoms with E-state index in [1.165, 1.54) is 6.20 Å². The number of pyridine rings is 1. The molecule has 0 unspecified atom stereocenters. The predicted molar refractivity (Wildman–Crippen MR) is 40.3 cm³/mol. The van der Waals surface area contributed by atoms with Crippen molar-refractivity contribution in [2.24, 2.45) is 0 Å². The lowest BCUT2D eigenvalue weighted by molar-refractivity contribution is 0.112. The normalized spacial score (nSPS) is 9.55. The highest BCUT2D eigenvalue weighted by Crippen LogP contribution is 2.00. The second-order valence-electron chi connectivity index (χ2n) is 2.18. The van der Waals surface area contributed by atoms with Gasteiger partial charge in [-0.15, -0.1) is 0 Å². The number of carbonyl (C=O) groups is 1. The third-order valence-electron chi connectivity index (χ3n) is 1.26. The smallest absolute Gasteiger partial charge is 0.151 e. The van der Waals surface area contributed by atoms with Gasteiger partial charge >= 0.3 is 0 Å². The van der Waals surface area contributed by atoms with Gasteiger partial charge in [-0.2, -0.15) is 0 Å². The summed E-state index contributed by atoms with van der Waals surface area (Å²) in [6.07, 6.45) is 3.97. The van der Waals surface area contributed by atoms with Gasteiger partial charge in [-0.25, -0.2) is 0 Å². The molecule has 0 radical (unpaired) electrons. The molecule has 1 heterocycles. The van der Waals surface area contributed by atoms with Gasteiger partial charge in [0.1, 0.15) is 0 Å². The van der Waals surface area contributed by atoms with Crippen LogP contribution in [0.5, 0.6) is 0 Å². The lowest BCUT2D eigenvalue weighted by Gasteiger charge is -1.97. The summed E-state index contributed by atoms with van der Waals surface area (Å²) < 4.78 is 4.87. The second-order valence-corrected chi connectivity index (χ2v) is 2.18. The average Bonchev–Trinajstić information content (AvgIpc) is 2.06. The molecule has 3 heteroatoms. The van der Waals surface area contributed by atoms with Gasteiger partial charge in [0.2, 0.25) is 0 Å². The highest BCUT2D eigenvalue weighted by molar-refractivity contribution is 5.74. The van der Waals surface area contributed by atoms with Crippen molar-refractivity contribution in [3.05, 3.63) is 29.6 Å². The van der Waals surface area contributed by atoms with Crippen LogP contribution in [0.2, 0.25) is 0 Å². The molecule has 0 saturated heterocycles. The Bertz CT molecular complexity index is 248. The second kappa shape index (κ2) is 3.83. The standard InChI is InChI=1S/C8H9NO2/c1-11-6-8-2-7(5-10)3-9-4-8/h2-5H,6H2,1H3. The summed E-state index contributed by atoms with van der Waals surface area (Å²) in [5.74, 6) is 0. The molecule has 1 aromatic heterocycles. The quantitative estimate of drug-likeness (QED) is 0.606. The van der Waals surface area contributed by atoms with E-state index in [1.807, 2.05) is 0 Å². The first-order valence-electron chi connectivity index (χ1n) is 3.25. The van der Waals surface area contributed by atoms with E-state index in [2.05, 4.69) is 4.98 Å². The monoisotopic (exact) mass is 151 g/mol. The van der Waals surface area contributed by atoms with Crippen molar-refractivity contribution in [1.29, 1.82) is 0 Å². The summed E-state index contributed by atoms with van der Waals surface area (Å²) in [7, 11) is 1.60. The molecule has 0 spiro atoms. The average molecular weight is 151 g/mol.